The highest BCUT2D eigenvalue weighted by Crippen LogP contribution is 2.57. The molecule has 0 saturated carbocycles. The van der Waals surface area contributed by atoms with Crippen LogP contribution in [0.1, 0.15) is 0 Å². The van der Waals surface area contributed by atoms with Crippen LogP contribution in [0.2, 0.25) is 5.02 Å². The Hall–Kier alpha value is -2.12. The highest BCUT2D eigenvalue weighted by atomic mass is 35.5. The molecule has 2 aromatic carbocycles. The normalized spacial score (nSPS) is 12.1. The first-order valence-corrected chi connectivity index (χ1v) is 8.62. The van der Waals surface area contributed by atoms with E-state index in [1.807, 2.05) is 0 Å². The first kappa shape index (κ1) is 15.8. The molecule has 3 rings (SSSR count). The van der Waals surface area contributed by atoms with Crippen LogP contribution in [0.3, 0.4) is 0 Å². The summed E-state index contributed by atoms with van der Waals surface area (Å²) in [6, 6.07) is 14.9. The molecule has 0 saturated heterocycles. The Kier molecular flexibility index (Phi) is 4.23. The molecule has 23 heavy (non-hydrogen) atoms. The maximum absolute atomic E-state index is 10.7. The van der Waals surface area contributed by atoms with Gasteiger partial charge in [0.05, 0.1) is 16.0 Å². The molecule has 1 aromatic heterocycles. The lowest BCUT2D eigenvalue weighted by molar-refractivity contribution is 0.486. The van der Waals surface area contributed by atoms with Crippen molar-refractivity contribution >= 4 is 27.9 Å². The second-order valence-electron chi connectivity index (χ2n) is 4.87. The zero-order valence-electron chi connectivity index (χ0n) is 11.9. The molecule has 3 aromatic rings. The molecule has 0 aliphatic carbocycles. The number of hydrogen-bond donors (Lipinski definition) is 3. The summed E-state index contributed by atoms with van der Waals surface area (Å²) in [5.41, 5.74) is 7.31. The highest BCUT2D eigenvalue weighted by Gasteiger charge is 2.24. The highest BCUT2D eigenvalue weighted by molar-refractivity contribution is 8.24. The zero-order valence-corrected chi connectivity index (χ0v) is 13.5. The number of halogens is 1. The monoisotopic (exact) mass is 347 g/mol. The summed E-state index contributed by atoms with van der Waals surface area (Å²) < 4.78 is 21.5. The fraction of sp³-hybridized carbons (Fsp3) is 0. The van der Waals surface area contributed by atoms with E-state index in [0.29, 0.717) is 31.8 Å². The molecule has 0 fully saturated rings. The Balaban J connectivity index is 2.12. The zero-order chi connectivity index (χ0) is 16.4. The van der Waals surface area contributed by atoms with E-state index in [-0.39, 0.29) is 0 Å². The van der Waals surface area contributed by atoms with Gasteiger partial charge in [0.1, 0.15) is 5.69 Å². The van der Waals surface area contributed by atoms with Gasteiger partial charge in [-0.2, -0.15) is 5.10 Å². The lowest BCUT2D eigenvalue weighted by atomic mass is 10.1. The molecule has 7 heteroatoms. The molecule has 0 amide bonds. The van der Waals surface area contributed by atoms with E-state index in [0.717, 1.165) is 0 Å². The minimum Gasteiger partial charge on any atom is -0.399 e. The van der Waals surface area contributed by atoms with Gasteiger partial charge in [-0.05, 0) is 42.5 Å². The van der Waals surface area contributed by atoms with Gasteiger partial charge in [-0.25, -0.2) is 0 Å². The molecule has 0 bridgehead atoms. The van der Waals surface area contributed by atoms with Crippen LogP contribution in [0.5, 0.6) is 0 Å². The summed E-state index contributed by atoms with van der Waals surface area (Å²) in [5, 5.41) is 8.51. The second-order valence-corrected chi connectivity index (χ2v) is 7.31. The van der Waals surface area contributed by atoms with E-state index in [1.165, 1.54) is 6.20 Å². The van der Waals surface area contributed by atoms with Crippen molar-refractivity contribution in [3.63, 3.8) is 0 Å². The third-order valence-corrected chi connectivity index (χ3v) is 5.44. The Morgan fingerprint density at radius 2 is 1.57 bits per heavy atom. The third kappa shape index (κ3) is 3.16. The standard InChI is InChI=1S/C16H14ClN3O2S/c17-12-3-1-11(2-4-12)16-15(9-10-19-20-16)23(21,22)14-7-5-13(18)6-8-14/h1-10,21-22H,18H2. The fourth-order valence-electron chi connectivity index (χ4n) is 2.14. The third-order valence-electron chi connectivity index (χ3n) is 3.32. The van der Waals surface area contributed by atoms with Crippen LogP contribution in [0.4, 0.5) is 5.69 Å². The fourth-order valence-corrected chi connectivity index (χ4v) is 3.72. The van der Waals surface area contributed by atoms with Crippen molar-refractivity contribution in [1.29, 1.82) is 0 Å². The van der Waals surface area contributed by atoms with Crippen molar-refractivity contribution in [2.75, 3.05) is 5.73 Å². The Morgan fingerprint density at radius 1 is 0.913 bits per heavy atom. The minimum atomic E-state index is -3.24. The smallest absolute Gasteiger partial charge is 0.116 e. The van der Waals surface area contributed by atoms with Crippen molar-refractivity contribution in [1.82, 2.24) is 10.2 Å². The molecular formula is C16H14ClN3O2S. The number of rotatable bonds is 3. The molecule has 0 atom stereocenters. The Bertz CT molecular complexity index is 823. The van der Waals surface area contributed by atoms with Crippen LogP contribution in [-0.4, -0.2) is 19.3 Å². The van der Waals surface area contributed by atoms with Crippen LogP contribution in [0.15, 0.2) is 70.6 Å². The molecule has 0 aliphatic rings. The van der Waals surface area contributed by atoms with Gasteiger partial charge in [-0.15, -0.1) is 15.7 Å². The van der Waals surface area contributed by atoms with Gasteiger partial charge in [0.2, 0.25) is 0 Å². The van der Waals surface area contributed by atoms with Crippen LogP contribution in [-0.2, 0) is 0 Å². The van der Waals surface area contributed by atoms with Crippen molar-refractivity contribution in [3.05, 3.63) is 65.8 Å². The van der Waals surface area contributed by atoms with Gasteiger partial charge >= 0.3 is 0 Å². The summed E-state index contributed by atoms with van der Waals surface area (Å²) in [7, 11) is -3.24. The van der Waals surface area contributed by atoms with Gasteiger partial charge in [0.25, 0.3) is 0 Å². The summed E-state index contributed by atoms with van der Waals surface area (Å²) in [6.07, 6.45) is 1.43. The lowest BCUT2D eigenvalue weighted by Gasteiger charge is -2.33. The van der Waals surface area contributed by atoms with E-state index >= 15 is 0 Å². The SMILES string of the molecule is Nc1ccc(S(O)(O)c2ccnnc2-c2ccc(Cl)cc2)cc1. The summed E-state index contributed by atoms with van der Waals surface area (Å²) in [6.45, 7) is 0. The largest absolute Gasteiger partial charge is 0.399 e. The topological polar surface area (TPSA) is 92.3 Å². The van der Waals surface area contributed by atoms with Gasteiger partial charge in [-0.1, -0.05) is 23.7 Å². The molecule has 0 aliphatic heterocycles. The maximum atomic E-state index is 10.7. The number of nitrogen functional groups attached to an aromatic ring is 1. The van der Waals surface area contributed by atoms with E-state index in [2.05, 4.69) is 10.2 Å². The Morgan fingerprint density at radius 3 is 2.22 bits per heavy atom. The predicted octanol–water partition coefficient (Wildman–Crippen LogP) is 4.55. The van der Waals surface area contributed by atoms with E-state index in [1.54, 1.807) is 54.6 Å². The van der Waals surface area contributed by atoms with E-state index in [9.17, 15) is 9.11 Å². The molecule has 5 nitrogen and oxygen atoms in total. The quantitative estimate of drug-likeness (QED) is 0.604. The molecule has 4 N–H and O–H groups in total. The molecule has 118 valence electrons. The number of benzene rings is 2. The average molecular weight is 348 g/mol. The van der Waals surface area contributed by atoms with Gasteiger partial charge in [0.15, 0.2) is 0 Å². The van der Waals surface area contributed by atoms with E-state index < -0.39 is 10.6 Å². The first-order chi connectivity index (χ1) is 11.0. The first-order valence-electron chi connectivity index (χ1n) is 6.70. The van der Waals surface area contributed by atoms with Crippen LogP contribution >= 0.6 is 22.2 Å². The van der Waals surface area contributed by atoms with Gasteiger partial charge in [-0.3, -0.25) is 9.11 Å². The summed E-state index contributed by atoms with van der Waals surface area (Å²) in [4.78, 5) is 0.675. The van der Waals surface area contributed by atoms with Crippen LogP contribution in [0, 0.1) is 0 Å². The number of anilines is 1. The van der Waals surface area contributed by atoms with Crippen molar-refractivity contribution < 1.29 is 9.11 Å². The van der Waals surface area contributed by atoms with Gasteiger partial charge in [0, 0.05) is 16.3 Å². The van der Waals surface area contributed by atoms with Crippen LogP contribution < -0.4 is 5.73 Å². The number of aromatic nitrogens is 2. The number of hydrogen-bond acceptors (Lipinski definition) is 5. The number of nitrogens with zero attached hydrogens (tertiary/aromatic N) is 2. The van der Waals surface area contributed by atoms with Crippen molar-refractivity contribution in [3.8, 4) is 11.3 Å². The minimum absolute atomic E-state index is 0.305. The Labute approximate surface area is 140 Å². The average Bonchev–Trinajstić information content (AvgIpc) is 2.56. The molecule has 0 radical (unpaired) electrons. The van der Waals surface area contributed by atoms with E-state index in [4.69, 9.17) is 17.3 Å². The molecular weight excluding hydrogens is 334 g/mol. The maximum Gasteiger partial charge on any atom is 0.116 e. The molecule has 0 unspecified atom stereocenters. The second kappa shape index (κ2) is 6.17. The predicted molar refractivity (Wildman–Crippen MR) is 92.7 cm³/mol. The lowest BCUT2D eigenvalue weighted by Crippen LogP contribution is -2.04. The molecule has 1 heterocycles. The van der Waals surface area contributed by atoms with Crippen LogP contribution in [0.25, 0.3) is 11.3 Å². The number of nitrogens with two attached hydrogens (primary N) is 1. The molecule has 0 spiro atoms. The van der Waals surface area contributed by atoms with Crippen molar-refractivity contribution in [2.45, 2.75) is 9.79 Å². The summed E-state index contributed by atoms with van der Waals surface area (Å²) >= 11 is 5.90. The summed E-state index contributed by atoms with van der Waals surface area (Å²) in [5.74, 6) is 0. The van der Waals surface area contributed by atoms with Gasteiger partial charge < -0.3 is 5.73 Å². The van der Waals surface area contributed by atoms with Crippen molar-refractivity contribution in [2.24, 2.45) is 0 Å².